The number of nitrogen functional groups attached to an aromatic ring is 1. The maximum atomic E-state index is 8.77. The zero-order chi connectivity index (χ0) is 11.1. The maximum absolute atomic E-state index is 8.77. The number of nitriles is 1. The number of hydrogen-bond donors (Lipinski definition) is 2. The molecule has 0 aliphatic carbocycles. The smallest absolute Gasteiger partial charge is 0.150 e. The minimum Gasteiger partial charge on any atom is -0.395 e. The van der Waals surface area contributed by atoms with E-state index in [0.29, 0.717) is 17.1 Å². The Morgan fingerprint density at radius 3 is 3.00 bits per heavy atom. The fourth-order valence-electron chi connectivity index (χ4n) is 1.29. The molecule has 0 bridgehead atoms. The third-order valence-electron chi connectivity index (χ3n) is 2.18. The minimum absolute atomic E-state index is 0.441. The lowest BCUT2D eigenvalue weighted by molar-refractivity contribution is 0.742. The van der Waals surface area contributed by atoms with Crippen LogP contribution in [0, 0.1) is 11.3 Å². The molecule has 80 valence electrons. The van der Waals surface area contributed by atoms with Gasteiger partial charge in [-0.15, -0.1) is 0 Å². The molecule has 1 aromatic heterocycles. The number of rotatable bonds is 5. The van der Waals surface area contributed by atoms with Gasteiger partial charge >= 0.3 is 0 Å². The van der Waals surface area contributed by atoms with Gasteiger partial charge in [-0.2, -0.15) is 5.26 Å². The largest absolute Gasteiger partial charge is 0.395 e. The lowest BCUT2D eigenvalue weighted by Crippen LogP contribution is -2.07. The Kier molecular flexibility index (Phi) is 4.42. The van der Waals surface area contributed by atoms with Crippen LogP contribution in [0.5, 0.6) is 0 Å². The van der Waals surface area contributed by atoms with Gasteiger partial charge in [-0.05, 0) is 12.5 Å². The number of pyridine rings is 1. The van der Waals surface area contributed by atoms with Crippen molar-refractivity contribution in [1.82, 2.24) is 4.98 Å². The quantitative estimate of drug-likeness (QED) is 0.720. The predicted octanol–water partition coefficient (Wildman–Crippen LogP) is 2.14. The Labute approximate surface area is 90.1 Å². The van der Waals surface area contributed by atoms with Crippen molar-refractivity contribution >= 4 is 11.5 Å². The van der Waals surface area contributed by atoms with Crippen molar-refractivity contribution in [3.63, 3.8) is 0 Å². The molecular weight excluding hydrogens is 188 g/mol. The highest BCUT2D eigenvalue weighted by atomic mass is 15.0. The summed E-state index contributed by atoms with van der Waals surface area (Å²) >= 11 is 0. The average molecular weight is 204 g/mol. The Bertz CT molecular complexity index is 354. The molecule has 0 radical (unpaired) electrons. The van der Waals surface area contributed by atoms with Gasteiger partial charge in [-0.3, -0.25) is 0 Å². The third kappa shape index (κ3) is 3.13. The van der Waals surface area contributed by atoms with E-state index in [1.807, 2.05) is 6.07 Å². The predicted molar refractivity (Wildman–Crippen MR) is 61.4 cm³/mol. The highest BCUT2D eigenvalue weighted by Crippen LogP contribution is 2.18. The summed E-state index contributed by atoms with van der Waals surface area (Å²) in [6.07, 6.45) is 5.05. The fraction of sp³-hybridized carbons (Fsp3) is 0.455. The molecule has 0 aliphatic heterocycles. The Morgan fingerprint density at radius 2 is 2.33 bits per heavy atom. The Balaban J connectivity index is 2.58. The van der Waals surface area contributed by atoms with E-state index in [4.69, 9.17) is 11.0 Å². The second-order valence-corrected chi connectivity index (χ2v) is 3.37. The molecule has 4 nitrogen and oxygen atoms in total. The molecule has 1 heterocycles. The topological polar surface area (TPSA) is 74.7 Å². The van der Waals surface area contributed by atoms with Gasteiger partial charge in [-0.25, -0.2) is 4.98 Å². The Morgan fingerprint density at radius 1 is 1.53 bits per heavy atom. The van der Waals surface area contributed by atoms with Gasteiger partial charge in [0.1, 0.15) is 6.07 Å². The van der Waals surface area contributed by atoms with Crippen molar-refractivity contribution in [2.45, 2.75) is 26.2 Å². The van der Waals surface area contributed by atoms with Crippen molar-refractivity contribution in [3.05, 3.63) is 17.8 Å². The second kappa shape index (κ2) is 5.86. The van der Waals surface area contributed by atoms with E-state index in [1.54, 1.807) is 12.3 Å². The monoisotopic (exact) mass is 204 g/mol. The third-order valence-corrected chi connectivity index (χ3v) is 2.18. The lowest BCUT2D eigenvalue weighted by Gasteiger charge is -2.08. The molecule has 0 unspecified atom stereocenters. The molecule has 3 N–H and O–H groups in total. The van der Waals surface area contributed by atoms with E-state index >= 15 is 0 Å². The molecule has 0 amide bonds. The number of anilines is 2. The summed E-state index contributed by atoms with van der Waals surface area (Å²) in [5.41, 5.74) is 6.68. The van der Waals surface area contributed by atoms with Crippen LogP contribution in [0.15, 0.2) is 12.3 Å². The van der Waals surface area contributed by atoms with Crippen LogP contribution in [0.3, 0.4) is 0 Å². The first-order valence-corrected chi connectivity index (χ1v) is 5.18. The van der Waals surface area contributed by atoms with E-state index in [9.17, 15) is 0 Å². The summed E-state index contributed by atoms with van der Waals surface area (Å²) in [6, 6.07) is 3.65. The van der Waals surface area contributed by atoms with Gasteiger partial charge in [0.2, 0.25) is 0 Å². The molecule has 0 spiro atoms. The van der Waals surface area contributed by atoms with E-state index in [-0.39, 0.29) is 0 Å². The van der Waals surface area contributed by atoms with Crippen molar-refractivity contribution < 1.29 is 0 Å². The molecule has 0 aliphatic rings. The minimum atomic E-state index is 0.441. The van der Waals surface area contributed by atoms with E-state index in [2.05, 4.69) is 17.2 Å². The average Bonchev–Trinajstić information content (AvgIpc) is 2.26. The van der Waals surface area contributed by atoms with Crippen LogP contribution in [-0.4, -0.2) is 11.5 Å². The maximum Gasteiger partial charge on any atom is 0.150 e. The van der Waals surface area contributed by atoms with Gasteiger partial charge < -0.3 is 11.1 Å². The van der Waals surface area contributed by atoms with Gasteiger partial charge in [0.15, 0.2) is 5.82 Å². The molecule has 0 saturated carbocycles. The van der Waals surface area contributed by atoms with E-state index in [1.165, 1.54) is 12.8 Å². The van der Waals surface area contributed by atoms with Crippen LogP contribution in [0.4, 0.5) is 11.5 Å². The van der Waals surface area contributed by atoms with Crippen molar-refractivity contribution in [3.8, 4) is 6.07 Å². The first-order valence-electron chi connectivity index (χ1n) is 5.18. The van der Waals surface area contributed by atoms with Crippen molar-refractivity contribution in [2.24, 2.45) is 0 Å². The molecule has 0 fully saturated rings. The van der Waals surface area contributed by atoms with Gasteiger partial charge in [0, 0.05) is 12.7 Å². The summed E-state index contributed by atoms with van der Waals surface area (Å²) in [5.74, 6) is 0.616. The molecule has 1 aromatic rings. The van der Waals surface area contributed by atoms with Gasteiger partial charge in [0.25, 0.3) is 0 Å². The lowest BCUT2D eigenvalue weighted by atomic mass is 10.2. The zero-order valence-corrected chi connectivity index (χ0v) is 8.95. The van der Waals surface area contributed by atoms with Crippen LogP contribution in [-0.2, 0) is 0 Å². The van der Waals surface area contributed by atoms with Crippen molar-refractivity contribution in [1.29, 1.82) is 5.26 Å². The summed E-state index contributed by atoms with van der Waals surface area (Å²) in [7, 11) is 0. The fourth-order valence-corrected chi connectivity index (χ4v) is 1.29. The first-order chi connectivity index (χ1) is 7.29. The first kappa shape index (κ1) is 11.3. The van der Waals surface area contributed by atoms with Crippen LogP contribution in [0.25, 0.3) is 0 Å². The summed E-state index contributed by atoms with van der Waals surface area (Å²) in [5, 5.41) is 11.9. The number of nitrogens with one attached hydrogen (secondary N) is 1. The van der Waals surface area contributed by atoms with Crippen molar-refractivity contribution in [2.75, 3.05) is 17.6 Å². The molecule has 0 atom stereocenters. The number of hydrogen-bond acceptors (Lipinski definition) is 4. The van der Waals surface area contributed by atoms with Gasteiger partial charge in [-0.1, -0.05) is 19.8 Å². The summed E-state index contributed by atoms with van der Waals surface area (Å²) in [6.45, 7) is 3.00. The van der Waals surface area contributed by atoms with Crippen LogP contribution >= 0.6 is 0 Å². The molecule has 1 rings (SSSR count). The highest BCUT2D eigenvalue weighted by Gasteiger charge is 2.04. The zero-order valence-electron chi connectivity index (χ0n) is 8.95. The number of nitrogens with two attached hydrogens (primary N) is 1. The summed E-state index contributed by atoms with van der Waals surface area (Å²) in [4.78, 5) is 4.10. The van der Waals surface area contributed by atoms with E-state index in [0.717, 1.165) is 13.0 Å². The van der Waals surface area contributed by atoms with Gasteiger partial charge in [0.05, 0.1) is 11.3 Å². The standard InChI is InChI=1S/C11H16N4/c1-2-3-4-6-14-11-10(13)9(8-12)5-7-15-11/h5,7H,2-4,6,13H2,1H3,(H,14,15). The molecular formula is C11H16N4. The van der Waals surface area contributed by atoms with Crippen LogP contribution in [0.1, 0.15) is 31.7 Å². The van der Waals surface area contributed by atoms with E-state index < -0.39 is 0 Å². The number of nitrogens with zero attached hydrogens (tertiary/aromatic N) is 2. The molecule has 15 heavy (non-hydrogen) atoms. The van der Waals surface area contributed by atoms with Crippen LogP contribution in [0.2, 0.25) is 0 Å². The highest BCUT2D eigenvalue weighted by molar-refractivity contribution is 5.68. The SMILES string of the molecule is CCCCCNc1nccc(C#N)c1N. The van der Waals surface area contributed by atoms with Crippen LogP contribution < -0.4 is 11.1 Å². The molecule has 0 saturated heterocycles. The molecule has 0 aromatic carbocycles. The Hall–Kier alpha value is -1.76. The number of unbranched alkanes of at least 4 members (excludes halogenated alkanes) is 2. The normalized spacial score (nSPS) is 9.60. The molecule has 4 heteroatoms. The number of aromatic nitrogens is 1. The second-order valence-electron chi connectivity index (χ2n) is 3.37. The summed E-state index contributed by atoms with van der Waals surface area (Å²) < 4.78 is 0.